The second kappa shape index (κ2) is 8.42. The standard InChI is InChI=1S/C20H24ClN5O3/c1-14(27)25-7-5-24(6-8-25)9-10-29-18-4-2-3-15-12-26(13-16(15)18)17-11-22-23-20(28)19(17)21/h2-4,11H,5-10,12-13H2,1H3,(H,23,28). The molecule has 1 fully saturated rings. The van der Waals surface area contributed by atoms with Gasteiger partial charge in [-0.05, 0) is 11.6 Å². The first-order chi connectivity index (χ1) is 14.0. The minimum absolute atomic E-state index is 0.140. The summed E-state index contributed by atoms with van der Waals surface area (Å²) in [7, 11) is 0. The van der Waals surface area contributed by atoms with Gasteiger partial charge in [0, 0.05) is 58.3 Å². The summed E-state index contributed by atoms with van der Waals surface area (Å²) in [5.41, 5.74) is 2.52. The average molecular weight is 418 g/mol. The molecule has 1 N–H and O–H groups in total. The van der Waals surface area contributed by atoms with Gasteiger partial charge in [-0.15, -0.1) is 0 Å². The number of benzene rings is 1. The van der Waals surface area contributed by atoms with Gasteiger partial charge in [0.1, 0.15) is 17.4 Å². The van der Waals surface area contributed by atoms with Gasteiger partial charge < -0.3 is 14.5 Å². The Morgan fingerprint density at radius 3 is 2.79 bits per heavy atom. The highest BCUT2D eigenvalue weighted by Crippen LogP contribution is 2.35. The second-order valence-corrected chi connectivity index (χ2v) is 7.72. The van der Waals surface area contributed by atoms with Gasteiger partial charge in [-0.1, -0.05) is 23.7 Å². The normalized spacial score (nSPS) is 16.8. The number of aromatic amines is 1. The van der Waals surface area contributed by atoms with E-state index < -0.39 is 0 Å². The highest BCUT2D eigenvalue weighted by atomic mass is 35.5. The third-order valence-corrected chi connectivity index (χ3v) is 5.91. The molecule has 1 amide bonds. The molecule has 3 heterocycles. The predicted octanol–water partition coefficient (Wildman–Crippen LogP) is 1.49. The molecule has 2 aromatic rings. The van der Waals surface area contributed by atoms with Crippen LogP contribution in [0.5, 0.6) is 5.75 Å². The van der Waals surface area contributed by atoms with E-state index in [2.05, 4.69) is 21.2 Å². The fourth-order valence-electron chi connectivity index (χ4n) is 3.86. The molecule has 2 aliphatic heterocycles. The lowest BCUT2D eigenvalue weighted by atomic mass is 10.1. The van der Waals surface area contributed by atoms with E-state index in [9.17, 15) is 9.59 Å². The number of anilines is 1. The van der Waals surface area contributed by atoms with E-state index in [1.165, 1.54) is 0 Å². The number of nitrogens with one attached hydrogen (secondary N) is 1. The number of amides is 1. The summed E-state index contributed by atoms with van der Waals surface area (Å²) >= 11 is 6.17. The average Bonchev–Trinajstić information content (AvgIpc) is 3.15. The van der Waals surface area contributed by atoms with Crippen LogP contribution in [0.3, 0.4) is 0 Å². The topological polar surface area (TPSA) is 81.8 Å². The van der Waals surface area contributed by atoms with Crippen molar-refractivity contribution in [1.82, 2.24) is 20.0 Å². The van der Waals surface area contributed by atoms with Gasteiger partial charge in [0.25, 0.3) is 5.56 Å². The quantitative estimate of drug-likeness (QED) is 0.793. The molecule has 1 saturated heterocycles. The molecule has 2 aliphatic rings. The fourth-order valence-corrected chi connectivity index (χ4v) is 4.07. The van der Waals surface area contributed by atoms with Crippen molar-refractivity contribution in [3.05, 3.63) is 50.9 Å². The van der Waals surface area contributed by atoms with Crippen LogP contribution in [0.25, 0.3) is 0 Å². The molecule has 29 heavy (non-hydrogen) atoms. The van der Waals surface area contributed by atoms with Crippen LogP contribution >= 0.6 is 11.6 Å². The maximum Gasteiger partial charge on any atom is 0.285 e. The van der Waals surface area contributed by atoms with E-state index in [4.69, 9.17) is 16.3 Å². The number of rotatable bonds is 5. The van der Waals surface area contributed by atoms with Gasteiger partial charge in [0.15, 0.2) is 0 Å². The van der Waals surface area contributed by atoms with Crippen molar-refractivity contribution in [1.29, 1.82) is 0 Å². The van der Waals surface area contributed by atoms with E-state index in [-0.39, 0.29) is 16.5 Å². The smallest absolute Gasteiger partial charge is 0.285 e. The van der Waals surface area contributed by atoms with Gasteiger partial charge in [-0.3, -0.25) is 14.5 Å². The van der Waals surface area contributed by atoms with Crippen LogP contribution in [-0.2, 0) is 17.9 Å². The van der Waals surface area contributed by atoms with Crippen LogP contribution < -0.4 is 15.2 Å². The Hall–Kier alpha value is -2.58. The molecule has 0 unspecified atom stereocenters. The number of H-pyrrole nitrogens is 1. The predicted molar refractivity (Wildman–Crippen MR) is 110 cm³/mol. The monoisotopic (exact) mass is 417 g/mol. The summed E-state index contributed by atoms with van der Waals surface area (Å²) in [5, 5.41) is 6.37. The fraction of sp³-hybridized carbons (Fsp3) is 0.450. The maximum absolute atomic E-state index is 11.8. The van der Waals surface area contributed by atoms with Crippen molar-refractivity contribution >= 4 is 23.2 Å². The summed E-state index contributed by atoms with van der Waals surface area (Å²) in [4.78, 5) is 29.4. The minimum Gasteiger partial charge on any atom is -0.492 e. The van der Waals surface area contributed by atoms with Gasteiger partial charge in [-0.25, -0.2) is 5.10 Å². The molecule has 0 radical (unpaired) electrons. The van der Waals surface area contributed by atoms with Gasteiger partial charge in [0.05, 0.1) is 11.9 Å². The Kier molecular flexibility index (Phi) is 5.73. The van der Waals surface area contributed by atoms with E-state index >= 15 is 0 Å². The summed E-state index contributed by atoms with van der Waals surface area (Å²) in [6, 6.07) is 6.03. The lowest BCUT2D eigenvalue weighted by Gasteiger charge is -2.34. The van der Waals surface area contributed by atoms with Gasteiger partial charge in [-0.2, -0.15) is 5.10 Å². The number of fused-ring (bicyclic) bond motifs is 1. The number of hydrogen-bond donors (Lipinski definition) is 1. The number of carbonyl (C=O) groups excluding carboxylic acids is 1. The van der Waals surface area contributed by atoms with Gasteiger partial charge >= 0.3 is 0 Å². The third-order valence-electron chi connectivity index (χ3n) is 5.54. The Bertz CT molecular complexity index is 955. The molecule has 154 valence electrons. The number of ether oxygens (including phenoxy) is 1. The van der Waals surface area contributed by atoms with Crippen molar-refractivity contribution < 1.29 is 9.53 Å². The molecule has 1 aromatic heterocycles. The minimum atomic E-state index is -0.388. The van der Waals surface area contributed by atoms with Gasteiger partial charge in [0.2, 0.25) is 5.91 Å². The van der Waals surface area contributed by atoms with Crippen LogP contribution in [0.1, 0.15) is 18.1 Å². The number of nitrogens with zero attached hydrogens (tertiary/aromatic N) is 4. The van der Waals surface area contributed by atoms with Crippen LogP contribution in [0, 0.1) is 0 Å². The first kappa shape index (κ1) is 19.7. The summed E-state index contributed by atoms with van der Waals surface area (Å²) < 4.78 is 6.10. The van der Waals surface area contributed by atoms with Crippen LogP contribution in [-0.4, -0.2) is 65.2 Å². The Labute approximate surface area is 174 Å². The van der Waals surface area contributed by atoms with Crippen molar-refractivity contribution in [3.63, 3.8) is 0 Å². The van der Waals surface area contributed by atoms with Crippen molar-refractivity contribution in [3.8, 4) is 5.75 Å². The van der Waals surface area contributed by atoms with E-state index in [1.54, 1.807) is 13.1 Å². The third kappa shape index (κ3) is 4.23. The van der Waals surface area contributed by atoms with E-state index in [0.717, 1.165) is 49.6 Å². The summed E-state index contributed by atoms with van der Waals surface area (Å²) in [5.74, 6) is 1.00. The largest absolute Gasteiger partial charge is 0.492 e. The molecular weight excluding hydrogens is 394 g/mol. The number of aromatic nitrogens is 2. The van der Waals surface area contributed by atoms with Crippen LogP contribution in [0.4, 0.5) is 5.69 Å². The van der Waals surface area contributed by atoms with Crippen molar-refractivity contribution in [2.24, 2.45) is 0 Å². The molecule has 4 rings (SSSR count). The summed E-state index contributed by atoms with van der Waals surface area (Å²) in [6.45, 7) is 7.60. The SMILES string of the molecule is CC(=O)N1CCN(CCOc2cccc3c2CN(c2cn[nH]c(=O)c2Cl)C3)CC1. The first-order valence-corrected chi connectivity index (χ1v) is 10.1. The van der Waals surface area contributed by atoms with E-state index in [0.29, 0.717) is 25.4 Å². The lowest BCUT2D eigenvalue weighted by Crippen LogP contribution is -2.48. The highest BCUT2D eigenvalue weighted by Gasteiger charge is 2.25. The second-order valence-electron chi connectivity index (χ2n) is 7.34. The molecule has 0 spiro atoms. The van der Waals surface area contributed by atoms with Crippen molar-refractivity contribution in [2.75, 3.05) is 44.2 Å². The molecule has 1 aromatic carbocycles. The Morgan fingerprint density at radius 1 is 1.24 bits per heavy atom. The first-order valence-electron chi connectivity index (χ1n) is 9.72. The molecule has 0 aliphatic carbocycles. The molecule has 0 atom stereocenters. The number of halogens is 1. The molecule has 0 bridgehead atoms. The van der Waals surface area contributed by atoms with Crippen LogP contribution in [0.15, 0.2) is 29.2 Å². The zero-order chi connectivity index (χ0) is 20.4. The number of carbonyl (C=O) groups is 1. The molecular formula is C20H24ClN5O3. The molecule has 0 saturated carbocycles. The zero-order valence-corrected chi connectivity index (χ0v) is 17.1. The van der Waals surface area contributed by atoms with Crippen LogP contribution in [0.2, 0.25) is 5.02 Å². The molecule has 9 heteroatoms. The maximum atomic E-state index is 11.8. The highest BCUT2D eigenvalue weighted by molar-refractivity contribution is 6.33. The summed E-state index contributed by atoms with van der Waals surface area (Å²) in [6.07, 6.45) is 1.58. The van der Waals surface area contributed by atoms with Crippen molar-refractivity contribution in [2.45, 2.75) is 20.0 Å². The molecule has 8 nitrogen and oxygen atoms in total. The number of piperazine rings is 1. The van der Waals surface area contributed by atoms with E-state index in [1.807, 2.05) is 21.9 Å². The zero-order valence-electron chi connectivity index (χ0n) is 16.4. The number of hydrogen-bond acceptors (Lipinski definition) is 6. The Morgan fingerprint density at radius 2 is 2.03 bits per heavy atom. The Balaban J connectivity index is 1.36. The lowest BCUT2D eigenvalue weighted by molar-refractivity contribution is -0.130.